The van der Waals surface area contributed by atoms with Gasteiger partial charge in [-0.1, -0.05) is 32.9 Å². The number of hydrogen-bond donors (Lipinski definition) is 0. The van der Waals surface area contributed by atoms with Crippen LogP contribution >= 0.6 is 0 Å². The molecule has 0 saturated heterocycles. The highest BCUT2D eigenvalue weighted by atomic mass is 16.5. The number of esters is 1. The minimum atomic E-state index is -0.349. The third kappa shape index (κ3) is 4.09. The first kappa shape index (κ1) is 17.6. The van der Waals surface area contributed by atoms with Crippen LogP contribution in [0.2, 0.25) is 0 Å². The second-order valence-electron chi connectivity index (χ2n) is 8.00. The summed E-state index contributed by atoms with van der Waals surface area (Å²) >= 11 is 0. The molecule has 5 heteroatoms. The van der Waals surface area contributed by atoms with Crippen molar-refractivity contribution in [3.05, 3.63) is 40.8 Å². The number of rotatable bonds is 3. The van der Waals surface area contributed by atoms with Crippen LogP contribution in [-0.2, 0) is 16.1 Å². The average Bonchev–Trinajstić information content (AvgIpc) is 2.57. The Balaban J connectivity index is 1.65. The summed E-state index contributed by atoms with van der Waals surface area (Å²) in [6.07, 6.45) is 5.19. The summed E-state index contributed by atoms with van der Waals surface area (Å²) in [6.45, 7) is 6.74. The zero-order chi connectivity index (χ0) is 18.0. The maximum atomic E-state index is 12.4. The van der Waals surface area contributed by atoms with Crippen LogP contribution in [0.15, 0.2) is 35.3 Å². The molecule has 5 nitrogen and oxygen atoms in total. The Morgan fingerprint density at radius 2 is 1.88 bits per heavy atom. The number of carbonyl (C=O) groups excluding carboxylic acids is 1. The van der Waals surface area contributed by atoms with Gasteiger partial charge in [0.1, 0.15) is 12.6 Å². The van der Waals surface area contributed by atoms with Crippen molar-refractivity contribution in [2.24, 2.45) is 11.3 Å². The van der Waals surface area contributed by atoms with Crippen molar-refractivity contribution in [2.75, 3.05) is 0 Å². The van der Waals surface area contributed by atoms with Crippen LogP contribution in [0.1, 0.15) is 46.5 Å². The van der Waals surface area contributed by atoms with Crippen LogP contribution in [0.4, 0.5) is 0 Å². The number of benzene rings is 1. The lowest BCUT2D eigenvalue weighted by Crippen LogP contribution is -2.32. The second kappa shape index (κ2) is 6.98. The van der Waals surface area contributed by atoms with Gasteiger partial charge in [0.05, 0.1) is 17.2 Å². The third-order valence-electron chi connectivity index (χ3n) is 5.24. The molecule has 1 aromatic carbocycles. The van der Waals surface area contributed by atoms with Gasteiger partial charge in [0.2, 0.25) is 0 Å². The summed E-state index contributed by atoms with van der Waals surface area (Å²) in [6, 6.07) is 7.31. The largest absolute Gasteiger partial charge is 0.461 e. The number of nitrogens with zero attached hydrogens (tertiary/aromatic N) is 2. The van der Waals surface area contributed by atoms with E-state index in [-0.39, 0.29) is 24.2 Å². The molecule has 0 aliphatic heterocycles. The third-order valence-corrected chi connectivity index (χ3v) is 5.24. The second-order valence-corrected chi connectivity index (χ2v) is 8.00. The first-order chi connectivity index (χ1) is 11.8. The number of ether oxygens (including phenoxy) is 1. The fraction of sp³-hybridized carbons (Fsp3) is 0.550. The van der Waals surface area contributed by atoms with E-state index in [0.29, 0.717) is 22.4 Å². The lowest BCUT2D eigenvalue weighted by atomic mass is 9.72. The van der Waals surface area contributed by atoms with Crippen LogP contribution in [-0.4, -0.2) is 21.6 Å². The molecule has 0 bridgehead atoms. The molecule has 0 spiro atoms. The lowest BCUT2D eigenvalue weighted by molar-refractivity contribution is -0.152. The summed E-state index contributed by atoms with van der Waals surface area (Å²) in [5, 5.41) is 0. The van der Waals surface area contributed by atoms with Gasteiger partial charge in [0.25, 0.3) is 5.56 Å². The van der Waals surface area contributed by atoms with Crippen LogP contribution in [0.3, 0.4) is 0 Å². The topological polar surface area (TPSA) is 61.2 Å². The molecular formula is C20H26N2O3. The number of hydrogen-bond acceptors (Lipinski definition) is 4. The Bertz CT molecular complexity index is 812. The van der Waals surface area contributed by atoms with Gasteiger partial charge >= 0.3 is 5.97 Å². The minimum absolute atomic E-state index is 0.0325. The Morgan fingerprint density at radius 1 is 1.20 bits per heavy atom. The number of para-hydroxylation sites is 2. The molecule has 134 valence electrons. The van der Waals surface area contributed by atoms with Crippen molar-refractivity contribution in [1.29, 1.82) is 0 Å². The molecule has 1 saturated carbocycles. The quantitative estimate of drug-likeness (QED) is 0.801. The predicted octanol–water partition coefficient (Wildman–Crippen LogP) is 3.54. The van der Waals surface area contributed by atoms with Gasteiger partial charge in [0, 0.05) is 0 Å². The van der Waals surface area contributed by atoms with Crippen LogP contribution < -0.4 is 5.56 Å². The SMILES string of the molecule is CC(C)(C)C1CCC(OC(=O)Cn2c(=O)cnc3ccccc32)CC1. The fourth-order valence-corrected chi connectivity index (χ4v) is 3.68. The van der Waals surface area contributed by atoms with E-state index in [0.717, 1.165) is 25.7 Å². The zero-order valence-corrected chi connectivity index (χ0v) is 15.2. The van der Waals surface area contributed by atoms with E-state index < -0.39 is 0 Å². The van der Waals surface area contributed by atoms with E-state index >= 15 is 0 Å². The number of carbonyl (C=O) groups is 1. The van der Waals surface area contributed by atoms with Crippen LogP contribution in [0.25, 0.3) is 11.0 Å². The molecule has 1 aliphatic carbocycles. The monoisotopic (exact) mass is 342 g/mol. The predicted molar refractivity (Wildman–Crippen MR) is 97.3 cm³/mol. The molecule has 1 aromatic heterocycles. The van der Waals surface area contributed by atoms with E-state index in [2.05, 4.69) is 25.8 Å². The van der Waals surface area contributed by atoms with E-state index in [1.807, 2.05) is 18.2 Å². The van der Waals surface area contributed by atoms with E-state index in [9.17, 15) is 9.59 Å². The summed E-state index contributed by atoms with van der Waals surface area (Å²) < 4.78 is 7.08. The highest BCUT2D eigenvalue weighted by molar-refractivity contribution is 5.77. The molecule has 0 amide bonds. The van der Waals surface area contributed by atoms with Gasteiger partial charge in [-0.3, -0.25) is 14.2 Å². The molecule has 1 aliphatic rings. The fourth-order valence-electron chi connectivity index (χ4n) is 3.68. The molecule has 1 fully saturated rings. The average molecular weight is 342 g/mol. The summed E-state index contributed by atoms with van der Waals surface area (Å²) in [5.74, 6) is 0.326. The Labute approximate surface area is 148 Å². The molecule has 3 rings (SSSR count). The highest BCUT2D eigenvalue weighted by Crippen LogP contribution is 2.38. The molecule has 0 radical (unpaired) electrons. The number of aromatic nitrogens is 2. The Morgan fingerprint density at radius 3 is 2.56 bits per heavy atom. The molecule has 1 heterocycles. The molecular weight excluding hydrogens is 316 g/mol. The van der Waals surface area contributed by atoms with Gasteiger partial charge in [-0.15, -0.1) is 0 Å². The maximum absolute atomic E-state index is 12.4. The normalized spacial score (nSPS) is 21.2. The zero-order valence-electron chi connectivity index (χ0n) is 15.2. The molecule has 25 heavy (non-hydrogen) atoms. The van der Waals surface area contributed by atoms with E-state index in [1.54, 1.807) is 6.07 Å². The summed E-state index contributed by atoms with van der Waals surface area (Å²) in [5.41, 5.74) is 1.37. The van der Waals surface area contributed by atoms with Gasteiger partial charge in [-0.2, -0.15) is 0 Å². The van der Waals surface area contributed by atoms with E-state index in [4.69, 9.17) is 4.74 Å². The van der Waals surface area contributed by atoms with Gasteiger partial charge in [-0.25, -0.2) is 4.98 Å². The van der Waals surface area contributed by atoms with Crippen molar-refractivity contribution in [2.45, 2.75) is 59.1 Å². The Kier molecular flexibility index (Phi) is 4.93. The Hall–Kier alpha value is -2.17. The highest BCUT2D eigenvalue weighted by Gasteiger charge is 2.31. The van der Waals surface area contributed by atoms with Gasteiger partial charge in [-0.05, 0) is 49.1 Å². The standard InChI is InChI=1S/C20H26N2O3/c1-20(2,3)14-8-10-15(11-9-14)25-19(24)13-22-17-7-5-4-6-16(17)21-12-18(22)23/h4-7,12,14-15H,8-11,13H2,1-3H3. The van der Waals surface area contributed by atoms with Gasteiger partial charge in [0.15, 0.2) is 0 Å². The van der Waals surface area contributed by atoms with Crippen molar-refractivity contribution >= 4 is 17.0 Å². The molecule has 0 unspecified atom stereocenters. The first-order valence-electron chi connectivity index (χ1n) is 8.98. The maximum Gasteiger partial charge on any atom is 0.326 e. The van der Waals surface area contributed by atoms with Crippen molar-refractivity contribution in [1.82, 2.24) is 9.55 Å². The molecule has 0 N–H and O–H groups in total. The van der Waals surface area contributed by atoms with Gasteiger partial charge < -0.3 is 4.74 Å². The van der Waals surface area contributed by atoms with Crippen molar-refractivity contribution in [3.8, 4) is 0 Å². The van der Waals surface area contributed by atoms with Crippen molar-refractivity contribution < 1.29 is 9.53 Å². The minimum Gasteiger partial charge on any atom is -0.461 e. The molecule has 0 atom stereocenters. The molecule has 2 aromatic rings. The number of fused-ring (bicyclic) bond motifs is 1. The van der Waals surface area contributed by atoms with Crippen molar-refractivity contribution in [3.63, 3.8) is 0 Å². The first-order valence-corrected chi connectivity index (χ1v) is 8.98. The van der Waals surface area contributed by atoms with Crippen LogP contribution in [0, 0.1) is 11.3 Å². The summed E-state index contributed by atoms with van der Waals surface area (Å²) in [7, 11) is 0. The summed E-state index contributed by atoms with van der Waals surface area (Å²) in [4.78, 5) is 28.6. The smallest absolute Gasteiger partial charge is 0.326 e. The van der Waals surface area contributed by atoms with Crippen LogP contribution in [0.5, 0.6) is 0 Å². The van der Waals surface area contributed by atoms with E-state index in [1.165, 1.54) is 10.8 Å². The lowest BCUT2D eigenvalue weighted by Gasteiger charge is -2.36.